The normalized spacial score (nSPS) is 20.4. The molecular weight excluding hydrogens is 308 g/mol. The molecule has 2 unspecified atom stereocenters. The molecule has 0 aliphatic heterocycles. The lowest BCUT2D eigenvalue weighted by atomic mass is 10.1. The van der Waals surface area contributed by atoms with Crippen molar-refractivity contribution >= 4 is 17.2 Å². The van der Waals surface area contributed by atoms with Gasteiger partial charge in [-0.3, -0.25) is 4.79 Å². The second-order valence-corrected chi connectivity index (χ2v) is 7.01. The Bertz CT molecular complexity index is 666. The van der Waals surface area contributed by atoms with Crippen molar-refractivity contribution in [2.24, 2.45) is 11.7 Å². The van der Waals surface area contributed by atoms with E-state index in [1.54, 1.807) is 18.4 Å². The van der Waals surface area contributed by atoms with Crippen LogP contribution in [-0.4, -0.2) is 19.1 Å². The number of benzene rings is 1. The molecule has 1 aromatic heterocycles. The highest BCUT2D eigenvalue weighted by Gasteiger charge is 2.27. The van der Waals surface area contributed by atoms with Gasteiger partial charge in [0.2, 0.25) is 5.91 Å². The molecule has 0 spiro atoms. The minimum atomic E-state index is 0.0889. The minimum absolute atomic E-state index is 0.0889. The average molecular weight is 330 g/mol. The van der Waals surface area contributed by atoms with Crippen LogP contribution in [0.25, 0.3) is 11.1 Å². The lowest BCUT2D eigenvalue weighted by Gasteiger charge is -2.09. The third-order valence-corrected chi connectivity index (χ3v) is 5.29. The molecule has 1 aromatic carbocycles. The van der Waals surface area contributed by atoms with Gasteiger partial charge in [-0.1, -0.05) is 12.1 Å². The first-order valence-electron chi connectivity index (χ1n) is 7.91. The average Bonchev–Trinajstić information content (AvgIpc) is 3.22. The third kappa shape index (κ3) is 3.92. The molecule has 0 saturated heterocycles. The predicted octanol–water partition coefficient (Wildman–Crippen LogP) is 3.17. The Morgan fingerprint density at radius 2 is 2.09 bits per heavy atom. The zero-order chi connectivity index (χ0) is 16.2. The van der Waals surface area contributed by atoms with Crippen LogP contribution in [0.5, 0.6) is 5.75 Å². The number of hydrogen-bond donors (Lipinski definition) is 2. The van der Waals surface area contributed by atoms with E-state index in [9.17, 15) is 4.79 Å². The fraction of sp³-hybridized carbons (Fsp3) is 0.389. The van der Waals surface area contributed by atoms with Crippen LogP contribution < -0.4 is 15.8 Å². The van der Waals surface area contributed by atoms with Gasteiger partial charge in [0.05, 0.1) is 13.7 Å². The molecule has 1 amide bonds. The zero-order valence-corrected chi connectivity index (χ0v) is 14.1. The van der Waals surface area contributed by atoms with E-state index in [2.05, 4.69) is 16.8 Å². The second kappa shape index (κ2) is 7.15. The van der Waals surface area contributed by atoms with Crippen LogP contribution in [0.3, 0.4) is 0 Å². The van der Waals surface area contributed by atoms with Gasteiger partial charge in [-0.25, -0.2) is 0 Å². The summed E-state index contributed by atoms with van der Waals surface area (Å²) in [5.41, 5.74) is 8.20. The van der Waals surface area contributed by atoms with Crippen molar-refractivity contribution in [2.75, 3.05) is 7.11 Å². The largest absolute Gasteiger partial charge is 0.497 e. The topological polar surface area (TPSA) is 64.3 Å². The molecule has 1 fully saturated rings. The van der Waals surface area contributed by atoms with Crippen molar-refractivity contribution in [2.45, 2.75) is 31.8 Å². The number of thiophene rings is 1. The summed E-state index contributed by atoms with van der Waals surface area (Å²) in [6.45, 7) is 0.589. The van der Waals surface area contributed by atoms with Gasteiger partial charge in [-0.2, -0.15) is 0 Å². The van der Waals surface area contributed by atoms with Crippen LogP contribution in [0, 0.1) is 5.92 Å². The highest BCUT2D eigenvalue weighted by molar-refractivity contribution is 7.10. The molecule has 0 bridgehead atoms. The van der Waals surface area contributed by atoms with Gasteiger partial charge >= 0.3 is 0 Å². The van der Waals surface area contributed by atoms with E-state index in [1.807, 2.05) is 24.3 Å². The standard InChI is InChI=1S/C18H22N2O2S/c1-22-16-6-3-12(4-7-16)14-9-17(23-11-14)10-20-18(21)13-2-5-15(19)8-13/h3-4,6-7,9,11,13,15H,2,5,8,10,19H2,1H3,(H,20,21). The van der Waals surface area contributed by atoms with Crippen LogP contribution in [0.15, 0.2) is 35.7 Å². The first-order valence-corrected chi connectivity index (χ1v) is 8.79. The zero-order valence-electron chi connectivity index (χ0n) is 13.2. The van der Waals surface area contributed by atoms with Gasteiger partial charge in [-0.05, 0) is 54.0 Å². The molecule has 4 nitrogen and oxygen atoms in total. The molecule has 0 radical (unpaired) electrons. The number of nitrogens with one attached hydrogen (secondary N) is 1. The van der Waals surface area contributed by atoms with E-state index >= 15 is 0 Å². The maximum Gasteiger partial charge on any atom is 0.223 e. The lowest BCUT2D eigenvalue weighted by Crippen LogP contribution is -2.29. The van der Waals surface area contributed by atoms with Crippen LogP contribution in [0.4, 0.5) is 0 Å². The maximum atomic E-state index is 12.1. The smallest absolute Gasteiger partial charge is 0.223 e. The number of hydrogen-bond acceptors (Lipinski definition) is 4. The fourth-order valence-corrected chi connectivity index (χ4v) is 3.81. The highest BCUT2D eigenvalue weighted by Crippen LogP contribution is 2.28. The summed E-state index contributed by atoms with van der Waals surface area (Å²) in [5.74, 6) is 1.08. The first kappa shape index (κ1) is 16.0. The van der Waals surface area contributed by atoms with Gasteiger partial charge in [0.25, 0.3) is 0 Å². The molecule has 23 heavy (non-hydrogen) atoms. The summed E-state index contributed by atoms with van der Waals surface area (Å²) in [5, 5.41) is 5.16. The van der Waals surface area contributed by atoms with Crippen LogP contribution in [0.2, 0.25) is 0 Å². The van der Waals surface area contributed by atoms with Crippen molar-refractivity contribution in [1.29, 1.82) is 0 Å². The summed E-state index contributed by atoms with van der Waals surface area (Å²) < 4.78 is 5.18. The van der Waals surface area contributed by atoms with Crippen molar-refractivity contribution in [1.82, 2.24) is 5.32 Å². The summed E-state index contributed by atoms with van der Waals surface area (Å²) >= 11 is 1.67. The van der Waals surface area contributed by atoms with E-state index in [4.69, 9.17) is 10.5 Å². The van der Waals surface area contributed by atoms with E-state index in [1.165, 1.54) is 5.56 Å². The summed E-state index contributed by atoms with van der Waals surface area (Å²) in [6, 6.07) is 10.3. The molecule has 1 aliphatic carbocycles. The quantitative estimate of drug-likeness (QED) is 0.885. The van der Waals surface area contributed by atoms with E-state index in [0.717, 1.165) is 35.5 Å². The number of nitrogens with two attached hydrogens (primary N) is 1. The molecule has 2 atom stereocenters. The SMILES string of the molecule is COc1ccc(-c2csc(CNC(=O)C3CCC(N)C3)c2)cc1. The molecule has 2 aromatic rings. The van der Waals surface area contributed by atoms with Crippen LogP contribution in [-0.2, 0) is 11.3 Å². The minimum Gasteiger partial charge on any atom is -0.497 e. The van der Waals surface area contributed by atoms with Crippen molar-refractivity contribution < 1.29 is 9.53 Å². The van der Waals surface area contributed by atoms with Gasteiger partial charge in [0.1, 0.15) is 5.75 Å². The Hall–Kier alpha value is -1.85. The molecule has 1 aliphatic rings. The molecule has 3 N–H and O–H groups in total. The highest BCUT2D eigenvalue weighted by atomic mass is 32.1. The fourth-order valence-electron chi connectivity index (χ4n) is 2.98. The Morgan fingerprint density at radius 3 is 2.74 bits per heavy atom. The van der Waals surface area contributed by atoms with Crippen LogP contribution >= 0.6 is 11.3 Å². The van der Waals surface area contributed by atoms with E-state index in [0.29, 0.717) is 6.54 Å². The van der Waals surface area contributed by atoms with Gasteiger partial charge < -0.3 is 15.8 Å². The number of carbonyl (C=O) groups excluding carboxylic acids is 1. The first-order chi connectivity index (χ1) is 11.2. The number of ether oxygens (including phenoxy) is 1. The molecule has 5 heteroatoms. The third-order valence-electron chi connectivity index (χ3n) is 4.36. The summed E-state index contributed by atoms with van der Waals surface area (Å²) in [7, 11) is 1.66. The molecule has 122 valence electrons. The Labute approximate surface area is 140 Å². The number of rotatable bonds is 5. The maximum absolute atomic E-state index is 12.1. The molecule has 3 rings (SSSR count). The van der Waals surface area contributed by atoms with Crippen molar-refractivity contribution in [3.05, 3.63) is 40.6 Å². The van der Waals surface area contributed by atoms with E-state index in [-0.39, 0.29) is 17.9 Å². The van der Waals surface area contributed by atoms with Crippen molar-refractivity contribution in [3.63, 3.8) is 0 Å². The Balaban J connectivity index is 1.57. The molecule has 1 heterocycles. The summed E-state index contributed by atoms with van der Waals surface area (Å²) in [6.07, 6.45) is 2.68. The number of carbonyl (C=O) groups is 1. The van der Waals surface area contributed by atoms with Crippen molar-refractivity contribution in [3.8, 4) is 16.9 Å². The van der Waals surface area contributed by atoms with Gasteiger partial charge in [0, 0.05) is 16.8 Å². The van der Waals surface area contributed by atoms with Gasteiger partial charge in [0.15, 0.2) is 0 Å². The summed E-state index contributed by atoms with van der Waals surface area (Å²) in [4.78, 5) is 13.3. The molecular formula is C18H22N2O2S. The van der Waals surface area contributed by atoms with Crippen LogP contribution in [0.1, 0.15) is 24.1 Å². The predicted molar refractivity (Wildman–Crippen MR) is 93.5 cm³/mol. The number of amides is 1. The Kier molecular flexibility index (Phi) is 4.98. The lowest BCUT2D eigenvalue weighted by molar-refractivity contribution is -0.124. The monoisotopic (exact) mass is 330 g/mol. The molecule has 1 saturated carbocycles. The Morgan fingerprint density at radius 1 is 1.30 bits per heavy atom. The van der Waals surface area contributed by atoms with E-state index < -0.39 is 0 Å². The second-order valence-electron chi connectivity index (χ2n) is 6.02. The van der Waals surface area contributed by atoms with Gasteiger partial charge in [-0.15, -0.1) is 11.3 Å². The number of methoxy groups -OCH3 is 1.